The summed E-state index contributed by atoms with van der Waals surface area (Å²) in [5, 5.41) is 6.68. The number of pyridine rings is 1. The summed E-state index contributed by atoms with van der Waals surface area (Å²) in [5.41, 5.74) is 7.63. The topological polar surface area (TPSA) is 117 Å². The zero-order valence-electron chi connectivity index (χ0n) is 18.2. The molecular formula is C22H31N7O3. The van der Waals surface area contributed by atoms with Crippen molar-refractivity contribution in [3.8, 4) is 0 Å². The molecule has 2 saturated heterocycles. The third-order valence-corrected chi connectivity index (χ3v) is 6.54. The summed E-state index contributed by atoms with van der Waals surface area (Å²) in [4.78, 5) is 26.1. The second-order valence-electron chi connectivity index (χ2n) is 8.74. The Hall–Kier alpha value is -2.85. The second kappa shape index (κ2) is 9.33. The summed E-state index contributed by atoms with van der Waals surface area (Å²) < 4.78 is 11.1. The predicted molar refractivity (Wildman–Crippen MR) is 119 cm³/mol. The standard InChI is InChI=1S/C22H31N7O3/c23-19-2-1-16(10-24-19)21-26-11-18-22(27-21)29-5-8-32-14-17(29)12-28(18)13-20(30)25-9-15-3-6-31-7-4-15/h1-2,10-11,15,17,21,27H,3-9,12-14H2,(H2,23,24)(H,25,30). The maximum absolute atomic E-state index is 12.8. The summed E-state index contributed by atoms with van der Waals surface area (Å²) in [6, 6.07) is 3.91. The largest absolute Gasteiger partial charge is 0.384 e. The number of hydrogen-bond donors (Lipinski definition) is 3. The van der Waals surface area contributed by atoms with Crippen LogP contribution < -0.4 is 16.4 Å². The summed E-state index contributed by atoms with van der Waals surface area (Å²) in [5.74, 6) is 2.01. The molecule has 172 valence electrons. The van der Waals surface area contributed by atoms with E-state index in [-0.39, 0.29) is 18.1 Å². The summed E-state index contributed by atoms with van der Waals surface area (Å²) >= 11 is 0. The molecule has 0 aromatic carbocycles. The average Bonchev–Trinajstić information content (AvgIpc) is 2.84. The Morgan fingerprint density at radius 3 is 2.94 bits per heavy atom. The fourth-order valence-corrected chi connectivity index (χ4v) is 4.70. The van der Waals surface area contributed by atoms with Gasteiger partial charge in [0.2, 0.25) is 5.91 Å². The molecular weight excluding hydrogens is 410 g/mol. The SMILES string of the molecule is Nc1ccc(C2N=CC3=C(N2)N2CCOCC2CN3CC(=O)NCC2CCOCC2)cn1. The van der Waals surface area contributed by atoms with Crippen molar-refractivity contribution in [2.24, 2.45) is 10.9 Å². The van der Waals surface area contributed by atoms with Crippen LogP contribution >= 0.6 is 0 Å². The number of nitrogen functional groups attached to an aromatic ring is 1. The number of rotatable bonds is 5. The lowest BCUT2D eigenvalue weighted by molar-refractivity contribution is -0.122. The van der Waals surface area contributed by atoms with Gasteiger partial charge in [0.15, 0.2) is 0 Å². The first kappa shape index (κ1) is 21.0. The Bertz CT molecular complexity index is 882. The highest BCUT2D eigenvalue weighted by atomic mass is 16.5. The smallest absolute Gasteiger partial charge is 0.239 e. The number of amides is 1. The average molecular weight is 442 g/mol. The van der Waals surface area contributed by atoms with Crippen LogP contribution in [0.3, 0.4) is 0 Å². The van der Waals surface area contributed by atoms with Gasteiger partial charge in [-0.15, -0.1) is 0 Å². The molecule has 32 heavy (non-hydrogen) atoms. The number of hydrogen-bond acceptors (Lipinski definition) is 9. The van der Waals surface area contributed by atoms with Crippen molar-refractivity contribution in [3.63, 3.8) is 0 Å². The molecule has 5 rings (SSSR count). The first-order valence-electron chi connectivity index (χ1n) is 11.4. The van der Waals surface area contributed by atoms with Gasteiger partial charge < -0.3 is 35.6 Å². The zero-order valence-corrected chi connectivity index (χ0v) is 18.2. The van der Waals surface area contributed by atoms with Gasteiger partial charge in [-0.05, 0) is 30.9 Å². The van der Waals surface area contributed by atoms with Crippen molar-refractivity contribution >= 4 is 17.9 Å². The van der Waals surface area contributed by atoms with Gasteiger partial charge in [-0.3, -0.25) is 9.79 Å². The lowest BCUT2D eigenvalue weighted by Crippen LogP contribution is -2.59. The summed E-state index contributed by atoms with van der Waals surface area (Å²) in [6.07, 6.45) is 5.39. The van der Waals surface area contributed by atoms with Crippen LogP contribution in [0.2, 0.25) is 0 Å². The van der Waals surface area contributed by atoms with E-state index in [9.17, 15) is 4.79 Å². The van der Waals surface area contributed by atoms with Gasteiger partial charge in [0, 0.05) is 44.6 Å². The molecule has 2 fully saturated rings. The van der Waals surface area contributed by atoms with Crippen molar-refractivity contribution in [2.75, 3.05) is 58.3 Å². The van der Waals surface area contributed by atoms with Crippen LogP contribution in [-0.2, 0) is 14.3 Å². The molecule has 10 nitrogen and oxygen atoms in total. The normalized spacial score (nSPS) is 25.8. The molecule has 2 atom stereocenters. The van der Waals surface area contributed by atoms with Crippen molar-refractivity contribution in [1.82, 2.24) is 25.4 Å². The molecule has 0 radical (unpaired) electrons. The number of nitrogens with zero attached hydrogens (tertiary/aromatic N) is 4. The number of carbonyl (C=O) groups is 1. The molecule has 1 amide bonds. The van der Waals surface area contributed by atoms with Gasteiger partial charge in [0.25, 0.3) is 0 Å². The fourth-order valence-electron chi connectivity index (χ4n) is 4.70. The molecule has 0 aliphatic carbocycles. The van der Waals surface area contributed by atoms with Gasteiger partial charge in [0.05, 0.1) is 37.7 Å². The van der Waals surface area contributed by atoms with Crippen molar-refractivity contribution in [1.29, 1.82) is 0 Å². The lowest BCUT2D eigenvalue weighted by Gasteiger charge is -2.48. The molecule has 5 heterocycles. The molecule has 0 bridgehead atoms. The first-order chi connectivity index (χ1) is 15.7. The molecule has 0 saturated carbocycles. The number of aliphatic imine (C=N–C) groups is 1. The molecule has 4 N–H and O–H groups in total. The minimum atomic E-state index is -0.243. The molecule has 0 spiro atoms. The highest BCUT2D eigenvalue weighted by Crippen LogP contribution is 2.30. The van der Waals surface area contributed by atoms with Crippen LogP contribution in [0.1, 0.15) is 24.6 Å². The Kier molecular flexibility index (Phi) is 6.13. The number of anilines is 1. The van der Waals surface area contributed by atoms with E-state index in [1.807, 2.05) is 12.3 Å². The number of morpholine rings is 1. The van der Waals surface area contributed by atoms with E-state index < -0.39 is 0 Å². The molecule has 4 aliphatic heterocycles. The molecule has 1 aromatic heterocycles. The Balaban J connectivity index is 1.30. The summed E-state index contributed by atoms with van der Waals surface area (Å²) in [6.45, 7) is 5.44. The van der Waals surface area contributed by atoms with E-state index in [4.69, 9.17) is 20.2 Å². The van der Waals surface area contributed by atoms with Crippen LogP contribution in [0.5, 0.6) is 0 Å². The zero-order chi connectivity index (χ0) is 21.9. The number of fused-ring (bicyclic) bond motifs is 2. The van der Waals surface area contributed by atoms with Gasteiger partial charge in [0.1, 0.15) is 17.8 Å². The maximum Gasteiger partial charge on any atom is 0.239 e. The van der Waals surface area contributed by atoms with Crippen LogP contribution in [0, 0.1) is 5.92 Å². The Morgan fingerprint density at radius 1 is 1.25 bits per heavy atom. The number of nitrogens with one attached hydrogen (secondary N) is 2. The van der Waals surface area contributed by atoms with E-state index in [0.29, 0.717) is 38.0 Å². The first-order valence-corrected chi connectivity index (χ1v) is 11.4. The molecule has 1 aromatic rings. The van der Waals surface area contributed by atoms with Crippen molar-refractivity contribution in [3.05, 3.63) is 35.4 Å². The van der Waals surface area contributed by atoms with Crippen LogP contribution in [0.25, 0.3) is 0 Å². The molecule has 2 unspecified atom stereocenters. The van der Waals surface area contributed by atoms with Crippen molar-refractivity contribution in [2.45, 2.75) is 25.0 Å². The molecule has 10 heteroatoms. The minimum absolute atomic E-state index is 0.0341. The monoisotopic (exact) mass is 441 g/mol. The number of aromatic nitrogens is 1. The van der Waals surface area contributed by atoms with Gasteiger partial charge >= 0.3 is 0 Å². The van der Waals surface area contributed by atoms with Gasteiger partial charge in [-0.2, -0.15) is 0 Å². The quantitative estimate of drug-likeness (QED) is 0.588. The van der Waals surface area contributed by atoms with Crippen molar-refractivity contribution < 1.29 is 14.3 Å². The Labute approximate surface area is 187 Å². The molecule has 4 aliphatic rings. The van der Waals surface area contributed by atoms with E-state index in [0.717, 1.165) is 56.2 Å². The third-order valence-electron chi connectivity index (χ3n) is 6.54. The van der Waals surface area contributed by atoms with Crippen LogP contribution in [0.15, 0.2) is 34.8 Å². The maximum atomic E-state index is 12.8. The fraction of sp³-hybridized carbons (Fsp3) is 0.591. The number of carbonyl (C=O) groups excluding carboxylic acids is 1. The number of allylic oxidation sites excluding steroid dienone is 1. The second-order valence-corrected chi connectivity index (χ2v) is 8.74. The van der Waals surface area contributed by atoms with E-state index in [2.05, 4.69) is 25.4 Å². The lowest BCUT2D eigenvalue weighted by atomic mass is 10.0. The highest BCUT2D eigenvalue weighted by molar-refractivity contribution is 5.84. The van der Waals surface area contributed by atoms with Gasteiger partial charge in [-0.25, -0.2) is 4.98 Å². The third kappa shape index (κ3) is 4.51. The van der Waals surface area contributed by atoms with Crippen LogP contribution in [-0.4, -0.2) is 85.6 Å². The van der Waals surface area contributed by atoms with Crippen LogP contribution in [0.4, 0.5) is 5.82 Å². The highest BCUT2D eigenvalue weighted by Gasteiger charge is 2.37. The van der Waals surface area contributed by atoms with E-state index >= 15 is 0 Å². The van der Waals surface area contributed by atoms with E-state index in [1.54, 1.807) is 12.3 Å². The Morgan fingerprint density at radius 2 is 2.12 bits per heavy atom. The predicted octanol–water partition coefficient (Wildman–Crippen LogP) is 0.0647. The summed E-state index contributed by atoms with van der Waals surface area (Å²) in [7, 11) is 0. The van der Waals surface area contributed by atoms with Gasteiger partial charge in [-0.1, -0.05) is 0 Å². The number of nitrogens with two attached hydrogens (primary N) is 1. The van der Waals surface area contributed by atoms with E-state index in [1.165, 1.54) is 0 Å². The minimum Gasteiger partial charge on any atom is -0.384 e. The number of ether oxygens (including phenoxy) is 2.